The molecule has 3 atom stereocenters. The number of hydrogen-bond donors (Lipinski definition) is 5. The second-order valence-electron chi connectivity index (χ2n) is 6.24. The number of nitrogens with one attached hydrogen (secondary N) is 4. The van der Waals surface area contributed by atoms with Gasteiger partial charge in [0.2, 0.25) is 11.8 Å². The third-order valence-corrected chi connectivity index (χ3v) is 3.80. The van der Waals surface area contributed by atoms with Crippen LogP contribution < -0.4 is 21.3 Å². The zero-order chi connectivity index (χ0) is 18.7. The molecule has 0 unspecified atom stereocenters. The van der Waals surface area contributed by atoms with Gasteiger partial charge in [-0.2, -0.15) is 0 Å². The molecule has 0 aliphatic carbocycles. The molecule has 0 aromatic rings. The highest BCUT2D eigenvalue weighted by atomic mass is 16.4. The lowest BCUT2D eigenvalue weighted by Gasteiger charge is -2.23. The van der Waals surface area contributed by atoms with Crippen molar-refractivity contribution in [2.45, 2.75) is 58.2 Å². The van der Waals surface area contributed by atoms with E-state index in [-0.39, 0.29) is 11.8 Å². The van der Waals surface area contributed by atoms with Gasteiger partial charge in [0.05, 0.1) is 6.04 Å². The van der Waals surface area contributed by atoms with Gasteiger partial charge in [0.25, 0.3) is 0 Å². The van der Waals surface area contributed by atoms with E-state index < -0.39 is 30.0 Å². The third kappa shape index (κ3) is 8.26. The summed E-state index contributed by atoms with van der Waals surface area (Å²) in [5, 5.41) is 20.2. The SMILES string of the molecule is CNCCCC[C@H](NC(=O)[C@H](C)NC(=O)[C@@H](NC)C(C)C)C(=O)O. The number of unbranched alkanes of at least 4 members (excludes halogenated alkanes) is 1. The van der Waals surface area contributed by atoms with Crippen LogP contribution in [0.15, 0.2) is 0 Å². The quantitative estimate of drug-likeness (QED) is 0.310. The summed E-state index contributed by atoms with van der Waals surface area (Å²) < 4.78 is 0. The molecule has 0 heterocycles. The van der Waals surface area contributed by atoms with Crippen molar-refractivity contribution in [2.24, 2.45) is 5.92 Å². The van der Waals surface area contributed by atoms with Crippen molar-refractivity contribution in [3.8, 4) is 0 Å². The van der Waals surface area contributed by atoms with E-state index >= 15 is 0 Å². The smallest absolute Gasteiger partial charge is 0.326 e. The molecule has 5 N–H and O–H groups in total. The summed E-state index contributed by atoms with van der Waals surface area (Å²) in [4.78, 5) is 35.5. The lowest BCUT2D eigenvalue weighted by Crippen LogP contribution is -2.54. The van der Waals surface area contributed by atoms with E-state index in [1.807, 2.05) is 20.9 Å². The van der Waals surface area contributed by atoms with Crippen LogP contribution in [0.25, 0.3) is 0 Å². The summed E-state index contributed by atoms with van der Waals surface area (Å²) in [6, 6.07) is -2.15. The number of carbonyl (C=O) groups excluding carboxylic acids is 2. The first-order valence-corrected chi connectivity index (χ1v) is 8.40. The number of hydrogen-bond acceptors (Lipinski definition) is 5. The Labute approximate surface area is 144 Å². The molecule has 0 rings (SSSR count). The molecule has 8 heteroatoms. The van der Waals surface area contributed by atoms with Gasteiger partial charge in [-0.1, -0.05) is 13.8 Å². The van der Waals surface area contributed by atoms with Crippen molar-refractivity contribution in [3.05, 3.63) is 0 Å². The van der Waals surface area contributed by atoms with E-state index in [4.69, 9.17) is 0 Å². The fourth-order valence-electron chi connectivity index (χ4n) is 2.34. The number of amides is 2. The van der Waals surface area contributed by atoms with Crippen LogP contribution in [0.5, 0.6) is 0 Å². The highest BCUT2D eigenvalue weighted by Crippen LogP contribution is 2.03. The fraction of sp³-hybridized carbons (Fsp3) is 0.812. The minimum absolute atomic E-state index is 0.0733. The minimum atomic E-state index is -1.07. The Kier molecular flexibility index (Phi) is 11.0. The Morgan fingerprint density at radius 3 is 2.04 bits per heavy atom. The van der Waals surface area contributed by atoms with Crippen LogP contribution in [0.3, 0.4) is 0 Å². The summed E-state index contributed by atoms with van der Waals surface area (Å²) in [5.41, 5.74) is 0. The van der Waals surface area contributed by atoms with Gasteiger partial charge in [0.15, 0.2) is 0 Å². The average Bonchev–Trinajstić information content (AvgIpc) is 2.49. The molecule has 0 aromatic heterocycles. The second-order valence-corrected chi connectivity index (χ2v) is 6.24. The number of aliphatic carboxylic acids is 1. The summed E-state index contributed by atoms with van der Waals surface area (Å²) in [5.74, 6) is -1.77. The summed E-state index contributed by atoms with van der Waals surface area (Å²) in [6.07, 6.45) is 1.88. The first kappa shape index (κ1) is 22.3. The molecule has 8 nitrogen and oxygen atoms in total. The lowest BCUT2D eigenvalue weighted by atomic mass is 10.0. The topological polar surface area (TPSA) is 120 Å². The zero-order valence-corrected chi connectivity index (χ0v) is 15.3. The Balaban J connectivity index is 4.53. The zero-order valence-electron chi connectivity index (χ0n) is 15.3. The second kappa shape index (κ2) is 11.8. The molecule has 0 aliphatic rings. The van der Waals surface area contributed by atoms with Gasteiger partial charge in [-0.05, 0) is 52.7 Å². The van der Waals surface area contributed by atoms with E-state index in [2.05, 4.69) is 21.3 Å². The van der Waals surface area contributed by atoms with Crippen LogP contribution in [0.4, 0.5) is 0 Å². The monoisotopic (exact) mass is 344 g/mol. The molecule has 2 amide bonds. The lowest BCUT2D eigenvalue weighted by molar-refractivity contribution is -0.142. The Hall–Kier alpha value is -1.67. The van der Waals surface area contributed by atoms with Crippen molar-refractivity contribution in [2.75, 3.05) is 20.6 Å². The van der Waals surface area contributed by atoms with Crippen molar-refractivity contribution >= 4 is 17.8 Å². The van der Waals surface area contributed by atoms with Crippen molar-refractivity contribution < 1.29 is 19.5 Å². The predicted molar refractivity (Wildman–Crippen MR) is 92.6 cm³/mol. The Morgan fingerprint density at radius 1 is 0.958 bits per heavy atom. The summed E-state index contributed by atoms with van der Waals surface area (Å²) in [6.45, 7) is 6.14. The molecule has 0 radical (unpaired) electrons. The minimum Gasteiger partial charge on any atom is -0.480 e. The summed E-state index contributed by atoms with van der Waals surface area (Å²) in [7, 11) is 3.51. The number of carbonyl (C=O) groups is 3. The Bertz CT molecular complexity index is 415. The molecule has 0 spiro atoms. The molecule has 0 aliphatic heterocycles. The van der Waals surface area contributed by atoms with Crippen LogP contribution in [0.2, 0.25) is 0 Å². The molecule has 0 fully saturated rings. The van der Waals surface area contributed by atoms with E-state index in [0.29, 0.717) is 12.8 Å². The van der Waals surface area contributed by atoms with E-state index in [0.717, 1.165) is 13.0 Å². The molecule has 0 bridgehead atoms. The van der Waals surface area contributed by atoms with Gasteiger partial charge in [0.1, 0.15) is 12.1 Å². The molecule has 140 valence electrons. The van der Waals surface area contributed by atoms with Gasteiger partial charge in [0, 0.05) is 0 Å². The molecule has 0 saturated heterocycles. The maximum Gasteiger partial charge on any atom is 0.326 e. The summed E-state index contributed by atoms with van der Waals surface area (Å²) >= 11 is 0. The van der Waals surface area contributed by atoms with E-state index in [1.54, 1.807) is 14.0 Å². The third-order valence-electron chi connectivity index (χ3n) is 3.80. The number of carboxylic acids is 1. The van der Waals surface area contributed by atoms with Crippen LogP contribution in [0.1, 0.15) is 40.0 Å². The van der Waals surface area contributed by atoms with Crippen molar-refractivity contribution in [1.29, 1.82) is 0 Å². The normalized spacial score (nSPS) is 14.8. The van der Waals surface area contributed by atoms with Crippen LogP contribution >= 0.6 is 0 Å². The first-order valence-electron chi connectivity index (χ1n) is 8.40. The maximum absolute atomic E-state index is 12.1. The van der Waals surface area contributed by atoms with Gasteiger partial charge < -0.3 is 26.4 Å². The van der Waals surface area contributed by atoms with Gasteiger partial charge in [-0.3, -0.25) is 9.59 Å². The molecule has 0 aromatic carbocycles. The predicted octanol–water partition coefficient (Wildman–Crippen LogP) is -0.306. The molecular weight excluding hydrogens is 312 g/mol. The first-order chi connectivity index (χ1) is 11.2. The van der Waals surface area contributed by atoms with Crippen LogP contribution in [-0.4, -0.2) is 61.7 Å². The largest absolute Gasteiger partial charge is 0.480 e. The molecule has 0 saturated carbocycles. The van der Waals surface area contributed by atoms with Gasteiger partial charge in [-0.25, -0.2) is 4.79 Å². The number of carboxylic acid groups (broad SMARTS) is 1. The van der Waals surface area contributed by atoms with Gasteiger partial charge in [-0.15, -0.1) is 0 Å². The number of likely N-dealkylation sites (N-methyl/N-ethyl adjacent to an activating group) is 1. The Morgan fingerprint density at radius 2 is 1.58 bits per heavy atom. The van der Waals surface area contributed by atoms with E-state index in [1.165, 1.54) is 0 Å². The van der Waals surface area contributed by atoms with Crippen molar-refractivity contribution in [3.63, 3.8) is 0 Å². The molecular formula is C16H32N4O4. The highest BCUT2D eigenvalue weighted by Gasteiger charge is 2.26. The fourth-order valence-corrected chi connectivity index (χ4v) is 2.34. The molecule has 24 heavy (non-hydrogen) atoms. The van der Waals surface area contributed by atoms with Gasteiger partial charge >= 0.3 is 5.97 Å². The highest BCUT2D eigenvalue weighted by molar-refractivity contribution is 5.91. The van der Waals surface area contributed by atoms with Crippen LogP contribution in [0, 0.1) is 5.92 Å². The van der Waals surface area contributed by atoms with E-state index in [9.17, 15) is 19.5 Å². The van der Waals surface area contributed by atoms with Crippen molar-refractivity contribution in [1.82, 2.24) is 21.3 Å². The standard InChI is InChI=1S/C16H32N4O4/c1-10(2)13(18-5)15(22)19-11(3)14(21)20-12(16(23)24)8-6-7-9-17-4/h10-13,17-18H,6-9H2,1-5H3,(H,19,22)(H,20,21)(H,23,24)/t11-,12-,13-/m0/s1. The van der Waals surface area contributed by atoms with Crippen LogP contribution in [-0.2, 0) is 14.4 Å². The average molecular weight is 344 g/mol. The number of rotatable bonds is 12. The maximum atomic E-state index is 12.1.